The minimum absolute atomic E-state index is 0.381. The van der Waals surface area contributed by atoms with Crippen LogP contribution in [0.1, 0.15) is 18.1 Å². The van der Waals surface area contributed by atoms with E-state index < -0.39 is 0 Å². The Bertz CT molecular complexity index is 481. The van der Waals surface area contributed by atoms with Crippen molar-refractivity contribution in [2.75, 3.05) is 13.7 Å². The molecule has 0 atom stereocenters. The average Bonchev–Trinajstić information content (AvgIpc) is 2.83. The van der Waals surface area contributed by atoms with Crippen LogP contribution in [0.15, 0.2) is 30.3 Å². The van der Waals surface area contributed by atoms with Gasteiger partial charge in [0.15, 0.2) is 5.82 Å². The molecule has 1 heterocycles. The van der Waals surface area contributed by atoms with Crippen molar-refractivity contribution in [2.45, 2.75) is 19.4 Å². The number of aryl methyl sites for hydroxylation is 1. The molecule has 0 unspecified atom stereocenters. The van der Waals surface area contributed by atoms with E-state index >= 15 is 0 Å². The zero-order chi connectivity index (χ0) is 12.8. The Hall–Kier alpha value is -1.72. The van der Waals surface area contributed by atoms with Crippen molar-refractivity contribution in [3.8, 4) is 5.69 Å². The van der Waals surface area contributed by atoms with E-state index in [9.17, 15) is 0 Å². The highest BCUT2D eigenvalue weighted by Crippen LogP contribution is 2.14. The summed E-state index contributed by atoms with van der Waals surface area (Å²) in [6, 6.07) is 10.0. The maximum Gasteiger partial charge on any atom is 0.151 e. The number of rotatable bonds is 6. The van der Waals surface area contributed by atoms with Crippen LogP contribution >= 0.6 is 0 Å². The molecular weight excluding hydrogens is 228 g/mol. The fourth-order valence-electron chi connectivity index (χ4n) is 1.90. The first-order valence-electron chi connectivity index (χ1n) is 6.04. The second-order valence-electron chi connectivity index (χ2n) is 4.00. The molecule has 2 N–H and O–H groups in total. The summed E-state index contributed by atoms with van der Waals surface area (Å²) >= 11 is 0. The third-order valence-corrected chi connectivity index (χ3v) is 2.74. The number of para-hydroxylation sites is 1. The Kier molecular flexibility index (Phi) is 4.44. The van der Waals surface area contributed by atoms with Gasteiger partial charge in [0.2, 0.25) is 0 Å². The molecule has 0 saturated heterocycles. The first-order chi connectivity index (χ1) is 8.86. The second-order valence-corrected chi connectivity index (χ2v) is 4.00. The summed E-state index contributed by atoms with van der Waals surface area (Å²) < 4.78 is 7.08. The zero-order valence-corrected chi connectivity index (χ0v) is 10.5. The van der Waals surface area contributed by atoms with Crippen LogP contribution in [0.3, 0.4) is 0 Å². The maximum absolute atomic E-state index is 5.71. The van der Waals surface area contributed by atoms with E-state index in [1.807, 2.05) is 34.9 Å². The van der Waals surface area contributed by atoms with Crippen LogP contribution in [0.4, 0.5) is 0 Å². The molecular formula is C13H18N4O. The Morgan fingerprint density at radius 3 is 2.56 bits per heavy atom. The number of hydrogen-bond donors (Lipinski definition) is 1. The van der Waals surface area contributed by atoms with Gasteiger partial charge in [-0.05, 0) is 18.6 Å². The van der Waals surface area contributed by atoms with Gasteiger partial charge < -0.3 is 10.5 Å². The van der Waals surface area contributed by atoms with Crippen LogP contribution in [-0.2, 0) is 17.7 Å². The lowest BCUT2D eigenvalue weighted by Gasteiger charge is -2.09. The molecule has 1 aromatic carbocycles. The largest absolute Gasteiger partial charge is 0.385 e. The molecule has 0 spiro atoms. The smallest absolute Gasteiger partial charge is 0.151 e. The summed E-state index contributed by atoms with van der Waals surface area (Å²) in [5.41, 5.74) is 6.76. The molecule has 96 valence electrons. The van der Waals surface area contributed by atoms with Crippen LogP contribution in [0.2, 0.25) is 0 Å². The Morgan fingerprint density at radius 1 is 1.17 bits per heavy atom. The molecule has 0 saturated carbocycles. The molecule has 0 aliphatic carbocycles. The molecule has 18 heavy (non-hydrogen) atoms. The maximum atomic E-state index is 5.71. The molecule has 0 aliphatic rings. The minimum Gasteiger partial charge on any atom is -0.385 e. The monoisotopic (exact) mass is 246 g/mol. The van der Waals surface area contributed by atoms with Crippen LogP contribution in [-0.4, -0.2) is 28.5 Å². The Labute approximate surface area is 107 Å². The summed E-state index contributed by atoms with van der Waals surface area (Å²) in [7, 11) is 1.70. The van der Waals surface area contributed by atoms with Crippen molar-refractivity contribution >= 4 is 0 Å². The highest BCUT2D eigenvalue weighted by atomic mass is 16.5. The van der Waals surface area contributed by atoms with E-state index in [-0.39, 0.29) is 0 Å². The van der Waals surface area contributed by atoms with E-state index in [2.05, 4.69) is 10.2 Å². The molecule has 0 amide bonds. The van der Waals surface area contributed by atoms with Crippen LogP contribution in [0, 0.1) is 0 Å². The van der Waals surface area contributed by atoms with Crippen molar-refractivity contribution in [1.29, 1.82) is 0 Å². The van der Waals surface area contributed by atoms with Crippen molar-refractivity contribution in [3.05, 3.63) is 42.0 Å². The summed E-state index contributed by atoms with van der Waals surface area (Å²) in [5, 5.41) is 8.35. The van der Waals surface area contributed by atoms with Crippen LogP contribution in [0.25, 0.3) is 5.69 Å². The van der Waals surface area contributed by atoms with Crippen LogP contribution < -0.4 is 5.73 Å². The van der Waals surface area contributed by atoms with Crippen molar-refractivity contribution in [3.63, 3.8) is 0 Å². The van der Waals surface area contributed by atoms with Crippen molar-refractivity contribution < 1.29 is 4.74 Å². The van der Waals surface area contributed by atoms with Gasteiger partial charge in [-0.25, -0.2) is 0 Å². The molecule has 5 heteroatoms. The topological polar surface area (TPSA) is 66.0 Å². The fourth-order valence-corrected chi connectivity index (χ4v) is 1.90. The van der Waals surface area contributed by atoms with Gasteiger partial charge in [-0.2, -0.15) is 0 Å². The highest BCUT2D eigenvalue weighted by Gasteiger charge is 2.11. The van der Waals surface area contributed by atoms with Crippen LogP contribution in [0.5, 0.6) is 0 Å². The summed E-state index contributed by atoms with van der Waals surface area (Å²) in [5.74, 6) is 1.72. The quantitative estimate of drug-likeness (QED) is 0.780. The van der Waals surface area contributed by atoms with E-state index in [1.165, 1.54) is 0 Å². The number of methoxy groups -OCH3 is 1. The Balaban J connectivity index is 2.28. The van der Waals surface area contributed by atoms with E-state index in [4.69, 9.17) is 10.5 Å². The fraction of sp³-hybridized carbons (Fsp3) is 0.385. The number of nitrogens with two attached hydrogens (primary N) is 1. The summed E-state index contributed by atoms with van der Waals surface area (Å²) in [6.45, 7) is 1.10. The molecule has 0 radical (unpaired) electrons. The SMILES string of the molecule is COCCCc1nnc(CN)n1-c1ccccc1. The molecule has 0 fully saturated rings. The van der Waals surface area contributed by atoms with Gasteiger partial charge in [0.25, 0.3) is 0 Å². The number of hydrogen-bond acceptors (Lipinski definition) is 4. The third kappa shape index (κ3) is 2.75. The second kappa shape index (κ2) is 6.28. The lowest BCUT2D eigenvalue weighted by molar-refractivity contribution is 0.194. The molecule has 2 aromatic rings. The van der Waals surface area contributed by atoms with Crippen molar-refractivity contribution in [2.24, 2.45) is 5.73 Å². The summed E-state index contributed by atoms with van der Waals surface area (Å²) in [6.07, 6.45) is 1.75. The molecule has 5 nitrogen and oxygen atoms in total. The standard InChI is InChI=1S/C13H18N4O/c1-18-9-5-8-12-15-16-13(10-14)17(12)11-6-3-2-4-7-11/h2-4,6-7H,5,8-10,14H2,1H3. The van der Waals surface area contributed by atoms with E-state index in [0.29, 0.717) is 6.54 Å². The van der Waals surface area contributed by atoms with Gasteiger partial charge in [0, 0.05) is 25.8 Å². The lowest BCUT2D eigenvalue weighted by atomic mass is 10.2. The van der Waals surface area contributed by atoms with Crippen molar-refractivity contribution in [1.82, 2.24) is 14.8 Å². The predicted octanol–water partition coefficient (Wildman–Crippen LogP) is 1.30. The Morgan fingerprint density at radius 2 is 1.89 bits per heavy atom. The van der Waals surface area contributed by atoms with Gasteiger partial charge in [0.05, 0.1) is 6.54 Å². The molecule has 0 bridgehead atoms. The number of aromatic nitrogens is 3. The zero-order valence-electron chi connectivity index (χ0n) is 10.5. The van der Waals surface area contributed by atoms with E-state index in [0.717, 1.165) is 36.8 Å². The molecule has 0 aliphatic heterocycles. The highest BCUT2D eigenvalue weighted by molar-refractivity contribution is 5.33. The van der Waals surface area contributed by atoms with Gasteiger partial charge in [-0.3, -0.25) is 4.57 Å². The number of ether oxygens (including phenoxy) is 1. The average molecular weight is 246 g/mol. The number of benzene rings is 1. The first kappa shape index (κ1) is 12.7. The molecule has 2 rings (SSSR count). The van der Waals surface area contributed by atoms with Gasteiger partial charge in [-0.1, -0.05) is 18.2 Å². The normalized spacial score (nSPS) is 10.8. The first-order valence-corrected chi connectivity index (χ1v) is 6.04. The van der Waals surface area contributed by atoms with Gasteiger partial charge in [0.1, 0.15) is 5.82 Å². The summed E-state index contributed by atoms with van der Waals surface area (Å²) in [4.78, 5) is 0. The van der Waals surface area contributed by atoms with Gasteiger partial charge in [-0.15, -0.1) is 10.2 Å². The lowest BCUT2D eigenvalue weighted by Crippen LogP contribution is -2.09. The third-order valence-electron chi connectivity index (χ3n) is 2.74. The number of nitrogens with zero attached hydrogens (tertiary/aromatic N) is 3. The van der Waals surface area contributed by atoms with Gasteiger partial charge >= 0.3 is 0 Å². The minimum atomic E-state index is 0.381. The molecule has 1 aromatic heterocycles. The van der Waals surface area contributed by atoms with E-state index in [1.54, 1.807) is 7.11 Å². The predicted molar refractivity (Wildman–Crippen MR) is 69.4 cm³/mol.